The van der Waals surface area contributed by atoms with Crippen molar-refractivity contribution in [1.82, 2.24) is 9.80 Å². The smallest absolute Gasteiger partial charge is 0.0593 e. The van der Waals surface area contributed by atoms with Crippen LogP contribution in [0.1, 0.15) is 18.4 Å². The molecule has 3 rings (SSSR count). The number of hydrogen-bond acceptors (Lipinski definition) is 3. The molecule has 0 fully saturated rings. The summed E-state index contributed by atoms with van der Waals surface area (Å²) in [5, 5.41) is 5.47. The van der Waals surface area contributed by atoms with Gasteiger partial charge in [0.25, 0.3) is 0 Å². The van der Waals surface area contributed by atoms with Crippen LogP contribution in [0.4, 0.5) is 0 Å². The number of likely N-dealkylation sites (N-methyl/N-ethyl adjacent to an activating group) is 2. The van der Waals surface area contributed by atoms with Gasteiger partial charge in [0.2, 0.25) is 0 Å². The van der Waals surface area contributed by atoms with Crippen molar-refractivity contribution < 1.29 is 4.74 Å². The van der Waals surface area contributed by atoms with Crippen molar-refractivity contribution in [3.8, 4) is 0 Å². The number of hydrogen-bond donors (Lipinski definition) is 0. The topological polar surface area (TPSA) is 15.7 Å². The van der Waals surface area contributed by atoms with Gasteiger partial charge in [-0.3, -0.25) is 0 Å². The van der Waals surface area contributed by atoms with Gasteiger partial charge in [-0.1, -0.05) is 48.5 Å². The molecule has 28 heavy (non-hydrogen) atoms. The van der Waals surface area contributed by atoms with Crippen molar-refractivity contribution in [3.05, 3.63) is 60.2 Å². The Morgan fingerprint density at radius 1 is 0.714 bits per heavy atom. The number of benzene rings is 3. The van der Waals surface area contributed by atoms with Gasteiger partial charge in [0.05, 0.1) is 6.61 Å². The summed E-state index contributed by atoms with van der Waals surface area (Å²) in [4.78, 5) is 4.55. The van der Waals surface area contributed by atoms with E-state index in [-0.39, 0.29) is 0 Å². The highest BCUT2D eigenvalue weighted by Crippen LogP contribution is 2.29. The lowest BCUT2D eigenvalue weighted by atomic mass is 9.93. The molecular formula is C25H34N2O. The zero-order chi connectivity index (χ0) is 19.8. The number of ether oxygens (including phenoxy) is 1. The summed E-state index contributed by atoms with van der Waals surface area (Å²) in [7, 11) is 6.39. The van der Waals surface area contributed by atoms with Crippen LogP contribution in [0.5, 0.6) is 0 Å². The Balaban J connectivity index is 1.48. The van der Waals surface area contributed by atoms with E-state index in [2.05, 4.69) is 85.5 Å². The highest BCUT2D eigenvalue weighted by atomic mass is 16.5. The van der Waals surface area contributed by atoms with Crippen LogP contribution in [0.25, 0.3) is 21.5 Å². The lowest BCUT2D eigenvalue weighted by molar-refractivity contribution is 0.106. The molecule has 0 unspecified atom stereocenters. The molecule has 0 saturated carbocycles. The van der Waals surface area contributed by atoms with Crippen LogP contribution in [-0.2, 0) is 11.2 Å². The summed E-state index contributed by atoms with van der Waals surface area (Å²) in [5.41, 5.74) is 1.48. The molecule has 3 heteroatoms. The van der Waals surface area contributed by atoms with Gasteiger partial charge >= 0.3 is 0 Å². The fourth-order valence-electron chi connectivity index (χ4n) is 3.69. The minimum Gasteiger partial charge on any atom is -0.380 e. The Bertz CT molecular complexity index is 821. The van der Waals surface area contributed by atoms with Crippen LogP contribution in [0.15, 0.2) is 54.6 Å². The molecule has 0 aliphatic rings. The van der Waals surface area contributed by atoms with Gasteiger partial charge in [-0.15, -0.1) is 0 Å². The Hall–Kier alpha value is -1.94. The average Bonchev–Trinajstić information content (AvgIpc) is 2.70. The van der Waals surface area contributed by atoms with Crippen molar-refractivity contribution in [2.75, 3.05) is 54.0 Å². The van der Waals surface area contributed by atoms with Gasteiger partial charge < -0.3 is 14.5 Å². The molecule has 0 aliphatic heterocycles. The van der Waals surface area contributed by atoms with E-state index in [1.807, 2.05) is 0 Å². The molecule has 3 nitrogen and oxygen atoms in total. The van der Waals surface area contributed by atoms with E-state index < -0.39 is 0 Å². The zero-order valence-electron chi connectivity index (χ0n) is 17.7. The van der Waals surface area contributed by atoms with Crippen LogP contribution in [0.2, 0.25) is 0 Å². The summed E-state index contributed by atoms with van der Waals surface area (Å²) in [6, 6.07) is 19.8. The van der Waals surface area contributed by atoms with E-state index in [4.69, 9.17) is 4.74 Å². The second-order valence-corrected chi connectivity index (χ2v) is 7.97. The number of unbranched alkanes of at least 4 members (excludes halogenated alkanes) is 1. The first-order valence-corrected chi connectivity index (χ1v) is 10.5. The van der Waals surface area contributed by atoms with Gasteiger partial charge in [-0.25, -0.2) is 0 Å². The molecule has 0 atom stereocenters. The van der Waals surface area contributed by atoms with Crippen LogP contribution < -0.4 is 0 Å². The van der Waals surface area contributed by atoms with Crippen LogP contribution in [0, 0.1) is 0 Å². The Morgan fingerprint density at radius 3 is 2.00 bits per heavy atom. The van der Waals surface area contributed by atoms with Crippen molar-refractivity contribution in [2.45, 2.75) is 19.3 Å². The molecule has 0 saturated heterocycles. The lowest BCUT2D eigenvalue weighted by Crippen LogP contribution is -2.31. The first kappa shape index (κ1) is 20.8. The minimum atomic E-state index is 0.821. The highest BCUT2D eigenvalue weighted by Gasteiger charge is 2.07. The number of nitrogens with zero attached hydrogens (tertiary/aromatic N) is 2. The van der Waals surface area contributed by atoms with E-state index in [0.717, 1.165) is 52.1 Å². The molecule has 0 bridgehead atoms. The van der Waals surface area contributed by atoms with Crippen LogP contribution in [-0.4, -0.2) is 63.8 Å². The largest absolute Gasteiger partial charge is 0.380 e. The fourth-order valence-corrected chi connectivity index (χ4v) is 3.69. The molecule has 3 aromatic carbocycles. The second kappa shape index (κ2) is 10.6. The summed E-state index contributed by atoms with van der Waals surface area (Å²) >= 11 is 0. The van der Waals surface area contributed by atoms with Gasteiger partial charge in [-0.05, 0) is 73.6 Å². The van der Waals surface area contributed by atoms with E-state index in [9.17, 15) is 0 Å². The monoisotopic (exact) mass is 378 g/mol. The third-order valence-electron chi connectivity index (χ3n) is 5.39. The molecule has 0 aromatic heterocycles. The van der Waals surface area contributed by atoms with Gasteiger partial charge in [0, 0.05) is 26.2 Å². The van der Waals surface area contributed by atoms with Crippen molar-refractivity contribution in [2.24, 2.45) is 0 Å². The van der Waals surface area contributed by atoms with E-state index in [0.29, 0.717) is 0 Å². The van der Waals surface area contributed by atoms with E-state index in [1.54, 1.807) is 0 Å². The Morgan fingerprint density at radius 2 is 1.36 bits per heavy atom. The molecule has 0 N–H and O–H groups in total. The van der Waals surface area contributed by atoms with Crippen molar-refractivity contribution in [3.63, 3.8) is 0 Å². The maximum Gasteiger partial charge on any atom is 0.0593 e. The molecule has 0 heterocycles. The predicted molar refractivity (Wildman–Crippen MR) is 121 cm³/mol. The Labute approximate surface area is 169 Å². The minimum absolute atomic E-state index is 0.821. The van der Waals surface area contributed by atoms with E-state index in [1.165, 1.54) is 27.1 Å². The highest BCUT2D eigenvalue weighted by molar-refractivity contribution is 6.02. The molecule has 0 radical (unpaired) electrons. The number of fused-ring (bicyclic) bond motifs is 2. The number of rotatable bonds is 11. The Kier molecular flexibility index (Phi) is 7.84. The van der Waals surface area contributed by atoms with Gasteiger partial charge in [-0.2, -0.15) is 0 Å². The standard InChI is InChI=1S/C25H34N2O/c1-26(2)15-16-27(3)17-19-28-18-9-8-14-25-23-12-6-4-10-21(23)20-22-11-5-7-13-24(22)25/h4-7,10-13,20H,8-9,14-19H2,1-3H3. The molecule has 0 spiro atoms. The van der Waals surface area contributed by atoms with Crippen molar-refractivity contribution in [1.29, 1.82) is 0 Å². The first-order chi connectivity index (χ1) is 13.6. The number of aryl methyl sites for hydroxylation is 1. The SMILES string of the molecule is CN(C)CCN(C)CCOCCCCc1c2ccccc2cc2ccccc12. The summed E-state index contributed by atoms with van der Waals surface area (Å²) in [6.45, 7) is 4.85. The zero-order valence-corrected chi connectivity index (χ0v) is 17.7. The maximum atomic E-state index is 5.87. The van der Waals surface area contributed by atoms with Crippen LogP contribution >= 0.6 is 0 Å². The summed E-state index contributed by atoms with van der Waals surface area (Å²) in [6.07, 6.45) is 3.38. The fraction of sp³-hybridized carbons (Fsp3) is 0.440. The molecule has 3 aromatic rings. The third-order valence-corrected chi connectivity index (χ3v) is 5.39. The summed E-state index contributed by atoms with van der Waals surface area (Å²) < 4.78 is 5.87. The maximum absolute atomic E-state index is 5.87. The quantitative estimate of drug-likeness (QED) is 0.351. The average molecular weight is 379 g/mol. The molecular weight excluding hydrogens is 344 g/mol. The van der Waals surface area contributed by atoms with Crippen molar-refractivity contribution >= 4 is 21.5 Å². The predicted octanol–water partition coefficient (Wildman–Crippen LogP) is 4.83. The first-order valence-electron chi connectivity index (χ1n) is 10.5. The van der Waals surface area contributed by atoms with Gasteiger partial charge in [0.1, 0.15) is 0 Å². The second-order valence-electron chi connectivity index (χ2n) is 7.97. The normalized spacial score (nSPS) is 11.9. The summed E-state index contributed by atoms with van der Waals surface area (Å²) in [5.74, 6) is 0. The van der Waals surface area contributed by atoms with Gasteiger partial charge in [0.15, 0.2) is 0 Å². The lowest BCUT2D eigenvalue weighted by Gasteiger charge is -2.19. The molecule has 0 amide bonds. The molecule has 0 aliphatic carbocycles. The molecule has 150 valence electrons. The van der Waals surface area contributed by atoms with E-state index >= 15 is 0 Å². The van der Waals surface area contributed by atoms with Crippen LogP contribution in [0.3, 0.4) is 0 Å². The third kappa shape index (κ3) is 5.78.